The Kier molecular flexibility index (Phi) is 6.46. The van der Waals surface area contributed by atoms with Crippen LogP contribution >= 0.6 is 39.3 Å². The summed E-state index contributed by atoms with van der Waals surface area (Å²) in [7, 11) is 0. The quantitative estimate of drug-likeness (QED) is 0.245. The first-order valence-electron chi connectivity index (χ1n) is 9.20. The third-order valence-electron chi connectivity index (χ3n) is 4.61. The standard InChI is InChI=1S/C23H15BrClF3N2S/c24-18-11-7-16(8-12-18)21-13-29-22(30(21)20-4-2-1-3-19(20)25)31-14-15-5-9-17(10-6-15)23(26,27)28/h1-13H,14H2. The first kappa shape index (κ1) is 22.0. The second-order valence-electron chi connectivity index (χ2n) is 6.70. The van der Waals surface area contributed by atoms with Crippen molar-refractivity contribution < 1.29 is 13.2 Å². The maximum atomic E-state index is 12.8. The van der Waals surface area contributed by atoms with E-state index in [9.17, 15) is 13.2 Å². The van der Waals surface area contributed by atoms with Crippen molar-refractivity contribution in [3.63, 3.8) is 0 Å². The number of imidazole rings is 1. The zero-order valence-corrected chi connectivity index (χ0v) is 19.1. The minimum Gasteiger partial charge on any atom is -0.286 e. The molecule has 4 aromatic rings. The van der Waals surface area contributed by atoms with E-state index in [0.717, 1.165) is 39.1 Å². The first-order valence-corrected chi connectivity index (χ1v) is 11.4. The summed E-state index contributed by atoms with van der Waals surface area (Å²) in [5.41, 5.74) is 2.75. The molecule has 0 N–H and O–H groups in total. The average molecular weight is 524 g/mol. The molecule has 0 spiro atoms. The molecule has 3 aromatic carbocycles. The van der Waals surface area contributed by atoms with Gasteiger partial charge in [0.25, 0.3) is 0 Å². The third-order valence-corrected chi connectivity index (χ3v) is 6.48. The van der Waals surface area contributed by atoms with Gasteiger partial charge in [-0.25, -0.2) is 4.98 Å². The molecule has 2 nitrogen and oxygen atoms in total. The predicted octanol–water partition coefficient (Wildman–Crippen LogP) is 8.27. The van der Waals surface area contributed by atoms with Gasteiger partial charge in [0.1, 0.15) is 0 Å². The lowest BCUT2D eigenvalue weighted by atomic mass is 10.1. The van der Waals surface area contributed by atoms with E-state index in [0.29, 0.717) is 15.9 Å². The lowest BCUT2D eigenvalue weighted by molar-refractivity contribution is -0.137. The fraction of sp³-hybridized carbons (Fsp3) is 0.0870. The predicted molar refractivity (Wildman–Crippen MR) is 123 cm³/mol. The molecular formula is C23H15BrClF3N2S. The number of halogens is 5. The van der Waals surface area contributed by atoms with E-state index in [1.807, 2.05) is 53.1 Å². The van der Waals surface area contributed by atoms with Crippen LogP contribution in [0.4, 0.5) is 13.2 Å². The van der Waals surface area contributed by atoms with E-state index < -0.39 is 11.7 Å². The molecule has 1 aromatic heterocycles. The Bertz CT molecular complexity index is 1190. The number of rotatable bonds is 5. The fourth-order valence-electron chi connectivity index (χ4n) is 3.06. The van der Waals surface area contributed by atoms with Gasteiger partial charge >= 0.3 is 6.18 Å². The summed E-state index contributed by atoms with van der Waals surface area (Å²) < 4.78 is 41.4. The van der Waals surface area contributed by atoms with Crippen molar-refractivity contribution >= 4 is 39.3 Å². The normalized spacial score (nSPS) is 11.6. The molecule has 0 atom stereocenters. The van der Waals surface area contributed by atoms with Crippen LogP contribution in [0.2, 0.25) is 5.02 Å². The summed E-state index contributed by atoms with van der Waals surface area (Å²) in [6.07, 6.45) is -2.56. The molecular weight excluding hydrogens is 509 g/mol. The minimum absolute atomic E-state index is 0.472. The van der Waals surface area contributed by atoms with Crippen LogP contribution in [0, 0.1) is 0 Å². The average Bonchev–Trinajstić information content (AvgIpc) is 3.16. The van der Waals surface area contributed by atoms with Gasteiger partial charge in [0.15, 0.2) is 5.16 Å². The van der Waals surface area contributed by atoms with Gasteiger partial charge in [-0.1, -0.05) is 75.7 Å². The van der Waals surface area contributed by atoms with Gasteiger partial charge < -0.3 is 0 Å². The fourth-order valence-corrected chi connectivity index (χ4v) is 4.49. The summed E-state index contributed by atoms with van der Waals surface area (Å²) in [6, 6.07) is 20.5. The molecule has 0 saturated heterocycles. The Morgan fingerprint density at radius 1 is 0.935 bits per heavy atom. The Morgan fingerprint density at radius 3 is 2.26 bits per heavy atom. The van der Waals surface area contributed by atoms with Crippen LogP contribution in [0.25, 0.3) is 16.9 Å². The molecule has 0 aliphatic rings. The molecule has 158 valence electrons. The highest BCUT2D eigenvalue weighted by Gasteiger charge is 2.29. The number of para-hydroxylation sites is 1. The van der Waals surface area contributed by atoms with Gasteiger partial charge in [0.2, 0.25) is 0 Å². The van der Waals surface area contributed by atoms with E-state index >= 15 is 0 Å². The number of nitrogens with zero attached hydrogens (tertiary/aromatic N) is 2. The highest BCUT2D eigenvalue weighted by atomic mass is 79.9. The molecule has 0 bridgehead atoms. The summed E-state index contributed by atoms with van der Waals surface area (Å²) >= 11 is 11.4. The Balaban J connectivity index is 1.68. The zero-order valence-electron chi connectivity index (χ0n) is 15.9. The molecule has 0 aliphatic heterocycles. The summed E-state index contributed by atoms with van der Waals surface area (Å²) in [5.74, 6) is 0.472. The smallest absolute Gasteiger partial charge is 0.286 e. The molecule has 0 unspecified atom stereocenters. The highest BCUT2D eigenvalue weighted by Crippen LogP contribution is 2.35. The van der Waals surface area contributed by atoms with E-state index in [2.05, 4.69) is 20.9 Å². The zero-order chi connectivity index (χ0) is 22.0. The maximum Gasteiger partial charge on any atom is 0.416 e. The van der Waals surface area contributed by atoms with Crippen molar-refractivity contribution in [3.05, 3.63) is 99.6 Å². The van der Waals surface area contributed by atoms with Gasteiger partial charge in [-0.15, -0.1) is 0 Å². The van der Waals surface area contributed by atoms with Crippen LogP contribution in [0.3, 0.4) is 0 Å². The van der Waals surface area contributed by atoms with Gasteiger partial charge in [0.05, 0.1) is 28.2 Å². The number of benzene rings is 3. The number of alkyl halides is 3. The largest absolute Gasteiger partial charge is 0.416 e. The Morgan fingerprint density at radius 2 is 1.61 bits per heavy atom. The minimum atomic E-state index is -4.34. The van der Waals surface area contributed by atoms with Crippen molar-refractivity contribution in [1.29, 1.82) is 0 Å². The lowest BCUT2D eigenvalue weighted by Gasteiger charge is -2.14. The van der Waals surface area contributed by atoms with Crippen LogP contribution in [-0.4, -0.2) is 9.55 Å². The van der Waals surface area contributed by atoms with Gasteiger partial charge in [0, 0.05) is 15.8 Å². The molecule has 1 heterocycles. The molecule has 31 heavy (non-hydrogen) atoms. The summed E-state index contributed by atoms with van der Waals surface area (Å²) in [4.78, 5) is 4.58. The van der Waals surface area contributed by atoms with Crippen molar-refractivity contribution in [3.8, 4) is 16.9 Å². The van der Waals surface area contributed by atoms with E-state index in [1.54, 1.807) is 6.20 Å². The number of hydrogen-bond donors (Lipinski definition) is 0. The molecule has 8 heteroatoms. The molecule has 4 rings (SSSR count). The Hall–Kier alpha value is -2.22. The Labute approximate surface area is 195 Å². The molecule has 0 aliphatic carbocycles. The summed E-state index contributed by atoms with van der Waals surface area (Å²) in [6.45, 7) is 0. The second-order valence-corrected chi connectivity index (χ2v) is 8.97. The molecule has 0 fully saturated rings. The number of aromatic nitrogens is 2. The van der Waals surface area contributed by atoms with E-state index in [4.69, 9.17) is 11.6 Å². The van der Waals surface area contributed by atoms with Crippen LogP contribution < -0.4 is 0 Å². The van der Waals surface area contributed by atoms with E-state index in [1.165, 1.54) is 23.9 Å². The van der Waals surface area contributed by atoms with Crippen LogP contribution in [-0.2, 0) is 11.9 Å². The topological polar surface area (TPSA) is 17.8 Å². The third kappa shape index (κ3) is 5.00. The SMILES string of the molecule is FC(F)(F)c1ccc(CSc2ncc(-c3ccc(Br)cc3)n2-c2ccccc2Cl)cc1. The molecule has 0 amide bonds. The van der Waals surface area contributed by atoms with Gasteiger partial charge in [-0.05, 0) is 42.0 Å². The van der Waals surface area contributed by atoms with Crippen LogP contribution in [0.15, 0.2) is 88.6 Å². The van der Waals surface area contributed by atoms with Crippen molar-refractivity contribution in [2.45, 2.75) is 17.1 Å². The van der Waals surface area contributed by atoms with Crippen LogP contribution in [0.5, 0.6) is 0 Å². The van der Waals surface area contributed by atoms with Gasteiger partial charge in [-0.2, -0.15) is 13.2 Å². The first-order chi connectivity index (χ1) is 14.8. The monoisotopic (exact) mass is 522 g/mol. The maximum absolute atomic E-state index is 12.8. The van der Waals surface area contributed by atoms with Crippen LogP contribution in [0.1, 0.15) is 11.1 Å². The summed E-state index contributed by atoms with van der Waals surface area (Å²) in [5, 5.41) is 1.28. The van der Waals surface area contributed by atoms with Crippen molar-refractivity contribution in [1.82, 2.24) is 9.55 Å². The lowest BCUT2D eigenvalue weighted by Crippen LogP contribution is -2.04. The van der Waals surface area contributed by atoms with Gasteiger partial charge in [-0.3, -0.25) is 4.57 Å². The van der Waals surface area contributed by atoms with E-state index in [-0.39, 0.29) is 0 Å². The van der Waals surface area contributed by atoms with Crippen molar-refractivity contribution in [2.75, 3.05) is 0 Å². The van der Waals surface area contributed by atoms with Crippen molar-refractivity contribution in [2.24, 2.45) is 0 Å². The number of thioether (sulfide) groups is 1. The highest BCUT2D eigenvalue weighted by molar-refractivity contribution is 9.10. The number of hydrogen-bond acceptors (Lipinski definition) is 2. The molecule has 0 saturated carbocycles. The molecule has 0 radical (unpaired) electrons. The second kappa shape index (κ2) is 9.10.